The molecule has 2 rings (SSSR count). The highest BCUT2D eigenvalue weighted by Crippen LogP contribution is 2.14. The Hall–Kier alpha value is -1.29. The van der Waals surface area contributed by atoms with Crippen molar-refractivity contribution in [3.63, 3.8) is 0 Å². The number of nitrogens with zero attached hydrogens (tertiary/aromatic N) is 3. The molecule has 0 unspecified atom stereocenters. The predicted octanol–water partition coefficient (Wildman–Crippen LogP) is 0.916. The smallest absolute Gasteiger partial charge is 0.251 e. The molecule has 0 spiro atoms. The molecule has 1 aromatic rings. The van der Waals surface area contributed by atoms with Crippen LogP contribution in [0.5, 0.6) is 0 Å². The lowest BCUT2D eigenvalue weighted by Crippen LogP contribution is -2.49. The van der Waals surface area contributed by atoms with E-state index in [2.05, 4.69) is 23.6 Å². The monoisotopic (exact) mass is 235 g/mol. The van der Waals surface area contributed by atoms with Gasteiger partial charge in [-0.05, 0) is 19.9 Å². The van der Waals surface area contributed by atoms with Crippen LogP contribution in [0.3, 0.4) is 0 Å². The van der Waals surface area contributed by atoms with Gasteiger partial charge < -0.3 is 4.90 Å². The average Bonchev–Trinajstić information content (AvgIpc) is 2.33. The van der Waals surface area contributed by atoms with Crippen molar-refractivity contribution in [3.8, 4) is 0 Å². The van der Waals surface area contributed by atoms with Gasteiger partial charge in [-0.2, -0.15) is 0 Å². The fraction of sp³-hybridized carbons (Fsp3) is 0.615. The second-order valence-corrected chi connectivity index (χ2v) is 4.90. The fourth-order valence-corrected chi connectivity index (χ4v) is 2.34. The Morgan fingerprint density at radius 1 is 1.12 bits per heavy atom. The lowest BCUT2D eigenvalue weighted by molar-refractivity contribution is 0.208. The van der Waals surface area contributed by atoms with E-state index < -0.39 is 0 Å². The van der Waals surface area contributed by atoms with Crippen LogP contribution in [0.15, 0.2) is 23.0 Å². The third kappa shape index (κ3) is 2.52. The number of anilines is 1. The minimum Gasteiger partial charge on any atom is -0.355 e. The molecular weight excluding hydrogens is 214 g/mol. The Bertz CT molecular complexity index is 431. The number of hydrogen-bond donors (Lipinski definition) is 0. The number of piperazine rings is 1. The van der Waals surface area contributed by atoms with Crippen molar-refractivity contribution < 1.29 is 0 Å². The summed E-state index contributed by atoms with van der Waals surface area (Å²) >= 11 is 0. The second-order valence-electron chi connectivity index (χ2n) is 4.90. The van der Waals surface area contributed by atoms with Gasteiger partial charge in [-0.1, -0.05) is 6.07 Å². The summed E-state index contributed by atoms with van der Waals surface area (Å²) in [5, 5.41) is 0. The second kappa shape index (κ2) is 4.92. The van der Waals surface area contributed by atoms with Crippen molar-refractivity contribution in [2.24, 2.45) is 7.05 Å². The Balaban J connectivity index is 2.11. The number of pyridine rings is 1. The first-order chi connectivity index (χ1) is 8.09. The summed E-state index contributed by atoms with van der Waals surface area (Å²) in [7, 11) is 1.84. The van der Waals surface area contributed by atoms with Crippen LogP contribution in [0.1, 0.15) is 13.8 Å². The van der Waals surface area contributed by atoms with E-state index in [1.54, 1.807) is 10.6 Å². The van der Waals surface area contributed by atoms with Gasteiger partial charge in [0.1, 0.15) is 5.82 Å². The summed E-state index contributed by atoms with van der Waals surface area (Å²) in [6.07, 6.45) is 0. The lowest BCUT2D eigenvalue weighted by atomic mass is 10.2. The Morgan fingerprint density at radius 2 is 1.76 bits per heavy atom. The van der Waals surface area contributed by atoms with Crippen LogP contribution < -0.4 is 10.5 Å². The van der Waals surface area contributed by atoms with Crippen LogP contribution in [0.2, 0.25) is 0 Å². The summed E-state index contributed by atoms with van der Waals surface area (Å²) < 4.78 is 1.73. The summed E-state index contributed by atoms with van der Waals surface area (Å²) in [5.74, 6) is 1.03. The molecule has 0 atom stereocenters. The molecule has 0 N–H and O–H groups in total. The van der Waals surface area contributed by atoms with Crippen LogP contribution in [0.25, 0.3) is 0 Å². The third-order valence-corrected chi connectivity index (χ3v) is 3.53. The normalized spacial score (nSPS) is 17.8. The first kappa shape index (κ1) is 12.2. The average molecular weight is 235 g/mol. The van der Waals surface area contributed by atoms with Gasteiger partial charge in [0.15, 0.2) is 0 Å². The molecule has 0 bridgehead atoms. The number of rotatable bonds is 2. The molecule has 0 saturated carbocycles. The molecule has 4 heteroatoms. The van der Waals surface area contributed by atoms with E-state index in [1.165, 1.54) is 0 Å². The van der Waals surface area contributed by atoms with Crippen molar-refractivity contribution in [2.75, 3.05) is 31.1 Å². The molecule has 0 radical (unpaired) electrons. The van der Waals surface area contributed by atoms with Crippen molar-refractivity contribution in [1.29, 1.82) is 0 Å². The van der Waals surface area contributed by atoms with Crippen LogP contribution in [0, 0.1) is 0 Å². The number of hydrogen-bond acceptors (Lipinski definition) is 3. The first-order valence-corrected chi connectivity index (χ1v) is 6.24. The SMILES string of the molecule is CC(C)N1CCN(c2cccc(=O)n2C)CC1. The first-order valence-electron chi connectivity index (χ1n) is 6.24. The summed E-state index contributed by atoms with van der Waals surface area (Å²) in [6.45, 7) is 8.59. The number of aromatic nitrogens is 1. The molecule has 1 aliphatic rings. The van der Waals surface area contributed by atoms with Crippen LogP contribution >= 0.6 is 0 Å². The van der Waals surface area contributed by atoms with E-state index in [0.29, 0.717) is 6.04 Å². The molecule has 0 amide bonds. The van der Waals surface area contributed by atoms with E-state index in [4.69, 9.17) is 0 Å². The highest BCUT2D eigenvalue weighted by Gasteiger charge is 2.20. The van der Waals surface area contributed by atoms with Crippen molar-refractivity contribution in [2.45, 2.75) is 19.9 Å². The van der Waals surface area contributed by atoms with Gasteiger partial charge in [-0.25, -0.2) is 0 Å². The highest BCUT2D eigenvalue weighted by molar-refractivity contribution is 5.39. The fourth-order valence-electron chi connectivity index (χ4n) is 2.34. The molecule has 17 heavy (non-hydrogen) atoms. The quantitative estimate of drug-likeness (QED) is 0.763. The minimum absolute atomic E-state index is 0.0637. The molecule has 2 heterocycles. The van der Waals surface area contributed by atoms with E-state index in [0.717, 1.165) is 32.0 Å². The van der Waals surface area contributed by atoms with E-state index in [9.17, 15) is 4.79 Å². The van der Waals surface area contributed by atoms with Gasteiger partial charge in [0.25, 0.3) is 5.56 Å². The van der Waals surface area contributed by atoms with E-state index >= 15 is 0 Å². The van der Waals surface area contributed by atoms with Crippen molar-refractivity contribution in [3.05, 3.63) is 28.6 Å². The Labute approximate surface area is 102 Å². The third-order valence-electron chi connectivity index (χ3n) is 3.53. The standard InChI is InChI=1S/C13H21N3O/c1-11(2)15-7-9-16(10-8-15)12-5-4-6-13(17)14(12)3/h4-6,11H,7-10H2,1-3H3. The summed E-state index contributed by atoms with van der Waals surface area (Å²) in [6, 6.07) is 6.07. The predicted molar refractivity (Wildman–Crippen MR) is 70.6 cm³/mol. The van der Waals surface area contributed by atoms with Crippen molar-refractivity contribution in [1.82, 2.24) is 9.47 Å². The lowest BCUT2D eigenvalue weighted by Gasteiger charge is -2.38. The molecular formula is C13H21N3O. The zero-order chi connectivity index (χ0) is 12.4. The molecule has 4 nitrogen and oxygen atoms in total. The topological polar surface area (TPSA) is 28.5 Å². The Morgan fingerprint density at radius 3 is 2.35 bits per heavy atom. The maximum atomic E-state index is 11.6. The molecule has 0 aliphatic carbocycles. The highest BCUT2D eigenvalue weighted by atomic mass is 16.1. The van der Waals surface area contributed by atoms with Gasteiger partial charge in [0, 0.05) is 45.3 Å². The maximum absolute atomic E-state index is 11.6. The van der Waals surface area contributed by atoms with Crippen LogP contribution in [-0.4, -0.2) is 41.7 Å². The minimum atomic E-state index is 0.0637. The van der Waals surface area contributed by atoms with Crippen molar-refractivity contribution >= 4 is 5.82 Å². The van der Waals surface area contributed by atoms with Gasteiger partial charge >= 0.3 is 0 Å². The van der Waals surface area contributed by atoms with Gasteiger partial charge in [0.2, 0.25) is 0 Å². The van der Waals surface area contributed by atoms with Crippen LogP contribution in [0.4, 0.5) is 5.82 Å². The van der Waals surface area contributed by atoms with Crippen LogP contribution in [-0.2, 0) is 7.05 Å². The Kier molecular flexibility index (Phi) is 3.52. The molecule has 1 saturated heterocycles. The largest absolute Gasteiger partial charge is 0.355 e. The molecule has 94 valence electrons. The molecule has 0 aromatic carbocycles. The van der Waals surface area contributed by atoms with Gasteiger partial charge in [-0.15, -0.1) is 0 Å². The van der Waals surface area contributed by atoms with Gasteiger partial charge in [-0.3, -0.25) is 14.3 Å². The molecule has 1 aliphatic heterocycles. The van der Waals surface area contributed by atoms with E-state index in [1.807, 2.05) is 19.2 Å². The zero-order valence-corrected chi connectivity index (χ0v) is 10.9. The molecule has 1 fully saturated rings. The summed E-state index contributed by atoms with van der Waals surface area (Å²) in [5.41, 5.74) is 0.0637. The zero-order valence-electron chi connectivity index (χ0n) is 10.9. The van der Waals surface area contributed by atoms with Gasteiger partial charge in [0.05, 0.1) is 0 Å². The molecule has 1 aromatic heterocycles. The van der Waals surface area contributed by atoms with E-state index in [-0.39, 0.29) is 5.56 Å². The maximum Gasteiger partial charge on any atom is 0.251 e. The summed E-state index contributed by atoms with van der Waals surface area (Å²) in [4.78, 5) is 16.3.